The van der Waals surface area contributed by atoms with E-state index in [0.29, 0.717) is 5.69 Å². The molecule has 21 heavy (non-hydrogen) atoms. The number of halogens is 2. The van der Waals surface area contributed by atoms with Crippen molar-refractivity contribution in [3.05, 3.63) is 65.7 Å². The van der Waals surface area contributed by atoms with Crippen molar-refractivity contribution in [3.63, 3.8) is 0 Å². The van der Waals surface area contributed by atoms with E-state index in [1.807, 2.05) is 6.07 Å². The second kappa shape index (κ2) is 6.62. The number of para-hydroxylation sites is 1. The van der Waals surface area contributed by atoms with E-state index in [4.69, 9.17) is 5.26 Å². The molecule has 0 aliphatic carbocycles. The third kappa shape index (κ3) is 3.63. The lowest BCUT2D eigenvalue weighted by atomic mass is 10.1. The molecule has 0 fully saturated rings. The van der Waals surface area contributed by atoms with Crippen molar-refractivity contribution < 1.29 is 13.6 Å². The molecule has 2 aromatic carbocycles. The first-order valence-electron chi connectivity index (χ1n) is 6.28. The number of carbonyl (C=O) groups excluding carboxylic acids is 1. The summed E-state index contributed by atoms with van der Waals surface area (Å²) in [5, 5.41) is 8.84. The Kier molecular flexibility index (Phi) is 4.62. The van der Waals surface area contributed by atoms with Gasteiger partial charge in [-0.2, -0.15) is 5.26 Å². The Hall–Kier alpha value is -2.74. The van der Waals surface area contributed by atoms with Crippen molar-refractivity contribution in [2.24, 2.45) is 0 Å². The molecule has 0 radical (unpaired) electrons. The summed E-state index contributed by atoms with van der Waals surface area (Å²) in [5.74, 6) is -1.89. The van der Waals surface area contributed by atoms with Gasteiger partial charge >= 0.3 is 0 Å². The van der Waals surface area contributed by atoms with E-state index in [9.17, 15) is 13.6 Å². The van der Waals surface area contributed by atoms with Gasteiger partial charge in [-0.25, -0.2) is 8.78 Å². The van der Waals surface area contributed by atoms with Crippen molar-refractivity contribution in [2.75, 3.05) is 11.4 Å². The first-order valence-corrected chi connectivity index (χ1v) is 6.28. The Bertz CT molecular complexity index is 680. The number of anilines is 1. The summed E-state index contributed by atoms with van der Waals surface area (Å²) in [4.78, 5) is 13.5. The van der Waals surface area contributed by atoms with Gasteiger partial charge in [0, 0.05) is 11.8 Å². The average molecular weight is 286 g/mol. The quantitative estimate of drug-likeness (QED) is 0.811. The maximum Gasteiger partial charge on any atom is 0.232 e. The second-order valence-corrected chi connectivity index (χ2v) is 4.39. The Morgan fingerprint density at radius 1 is 1.14 bits per heavy atom. The molecule has 106 valence electrons. The minimum atomic E-state index is -0.770. The lowest BCUT2D eigenvalue weighted by Crippen LogP contribution is -2.32. The van der Waals surface area contributed by atoms with Crippen LogP contribution in [0.1, 0.15) is 5.56 Å². The van der Waals surface area contributed by atoms with Crippen LogP contribution in [0.3, 0.4) is 0 Å². The molecular formula is C16H12F2N2O. The fourth-order valence-corrected chi connectivity index (χ4v) is 1.93. The fraction of sp³-hybridized carbons (Fsp3) is 0.125. The number of benzene rings is 2. The van der Waals surface area contributed by atoms with Gasteiger partial charge in [-0.05, 0) is 23.8 Å². The van der Waals surface area contributed by atoms with E-state index >= 15 is 0 Å². The molecule has 2 rings (SSSR count). The van der Waals surface area contributed by atoms with Gasteiger partial charge < -0.3 is 0 Å². The van der Waals surface area contributed by atoms with E-state index in [0.717, 1.165) is 12.1 Å². The van der Waals surface area contributed by atoms with Crippen LogP contribution < -0.4 is 4.90 Å². The molecule has 0 saturated carbocycles. The third-order valence-electron chi connectivity index (χ3n) is 2.95. The molecule has 0 bridgehead atoms. The van der Waals surface area contributed by atoms with Crippen LogP contribution in [0.25, 0.3) is 0 Å². The molecule has 0 unspecified atom stereocenters. The zero-order chi connectivity index (χ0) is 15.2. The summed E-state index contributed by atoms with van der Waals surface area (Å²) in [5.41, 5.74) is 0.659. The molecule has 0 spiro atoms. The van der Waals surface area contributed by atoms with Gasteiger partial charge in [0.05, 0.1) is 12.5 Å². The van der Waals surface area contributed by atoms with Gasteiger partial charge in [0.1, 0.15) is 18.2 Å². The highest BCUT2D eigenvalue weighted by Gasteiger charge is 2.17. The standard InChI is InChI=1S/C16H12F2N2O/c17-13-7-6-12(15(18)11-13)10-16(21)20(9-8-19)14-4-2-1-3-5-14/h1-7,11H,9-10H2. The summed E-state index contributed by atoms with van der Waals surface area (Å²) >= 11 is 0. The zero-order valence-corrected chi connectivity index (χ0v) is 11.1. The zero-order valence-electron chi connectivity index (χ0n) is 11.1. The number of hydrogen-bond acceptors (Lipinski definition) is 2. The van der Waals surface area contributed by atoms with Crippen molar-refractivity contribution in [1.82, 2.24) is 0 Å². The van der Waals surface area contributed by atoms with Crippen LogP contribution in [0.5, 0.6) is 0 Å². The van der Waals surface area contributed by atoms with Crippen LogP contribution in [0.15, 0.2) is 48.5 Å². The monoisotopic (exact) mass is 286 g/mol. The first kappa shape index (κ1) is 14.7. The van der Waals surface area contributed by atoms with Gasteiger partial charge in [-0.3, -0.25) is 9.69 Å². The third-order valence-corrected chi connectivity index (χ3v) is 2.95. The van der Waals surface area contributed by atoms with Crippen LogP contribution in [0.2, 0.25) is 0 Å². The van der Waals surface area contributed by atoms with Crippen LogP contribution in [-0.4, -0.2) is 12.5 Å². The molecule has 0 heterocycles. The van der Waals surface area contributed by atoms with Gasteiger partial charge in [-0.15, -0.1) is 0 Å². The lowest BCUT2D eigenvalue weighted by molar-refractivity contribution is -0.117. The lowest BCUT2D eigenvalue weighted by Gasteiger charge is -2.19. The maximum absolute atomic E-state index is 13.6. The Morgan fingerprint density at radius 2 is 1.86 bits per heavy atom. The number of rotatable bonds is 4. The highest BCUT2D eigenvalue weighted by molar-refractivity contribution is 5.95. The molecule has 0 N–H and O–H groups in total. The molecule has 1 amide bonds. The summed E-state index contributed by atoms with van der Waals surface area (Å²) in [6, 6.07) is 13.6. The molecule has 5 heteroatoms. The van der Waals surface area contributed by atoms with E-state index in [1.165, 1.54) is 11.0 Å². The Morgan fingerprint density at radius 3 is 2.48 bits per heavy atom. The van der Waals surface area contributed by atoms with Crippen LogP contribution in [0.4, 0.5) is 14.5 Å². The van der Waals surface area contributed by atoms with E-state index in [1.54, 1.807) is 30.3 Å². The van der Waals surface area contributed by atoms with Gasteiger partial charge in [0.15, 0.2) is 0 Å². The fourth-order valence-electron chi connectivity index (χ4n) is 1.93. The summed E-state index contributed by atoms with van der Waals surface area (Å²) < 4.78 is 26.4. The number of amides is 1. The minimum absolute atomic E-state index is 0.0975. The van der Waals surface area contributed by atoms with Crippen LogP contribution in [-0.2, 0) is 11.2 Å². The largest absolute Gasteiger partial charge is 0.298 e. The van der Waals surface area contributed by atoms with Gasteiger partial charge in [0.25, 0.3) is 0 Å². The van der Waals surface area contributed by atoms with Crippen molar-refractivity contribution in [2.45, 2.75) is 6.42 Å². The minimum Gasteiger partial charge on any atom is -0.298 e. The van der Waals surface area contributed by atoms with Crippen molar-refractivity contribution >= 4 is 11.6 Å². The molecule has 0 aliphatic rings. The summed E-state index contributed by atoms with van der Waals surface area (Å²) in [6.07, 6.45) is -0.233. The molecular weight excluding hydrogens is 274 g/mol. The molecule has 0 aliphatic heterocycles. The molecule has 0 saturated heterocycles. The molecule has 0 aromatic heterocycles. The average Bonchev–Trinajstić information content (AvgIpc) is 2.48. The Labute approximate surface area is 121 Å². The van der Waals surface area contributed by atoms with E-state index < -0.39 is 17.5 Å². The van der Waals surface area contributed by atoms with Crippen LogP contribution in [0, 0.1) is 23.0 Å². The smallest absolute Gasteiger partial charge is 0.232 e. The highest BCUT2D eigenvalue weighted by Crippen LogP contribution is 2.16. The second-order valence-electron chi connectivity index (χ2n) is 4.39. The van der Waals surface area contributed by atoms with E-state index in [2.05, 4.69) is 0 Å². The van der Waals surface area contributed by atoms with E-state index in [-0.39, 0.29) is 18.5 Å². The number of nitriles is 1. The van der Waals surface area contributed by atoms with Crippen LogP contribution >= 0.6 is 0 Å². The SMILES string of the molecule is N#CCN(C(=O)Cc1ccc(F)cc1F)c1ccccc1. The maximum atomic E-state index is 13.6. The number of nitrogens with zero attached hydrogens (tertiary/aromatic N) is 2. The summed E-state index contributed by atoms with van der Waals surface area (Å²) in [6.45, 7) is -0.133. The van der Waals surface area contributed by atoms with Gasteiger partial charge in [0.2, 0.25) is 5.91 Å². The molecule has 0 atom stereocenters. The predicted octanol–water partition coefficient (Wildman–Crippen LogP) is 3.06. The highest BCUT2D eigenvalue weighted by atomic mass is 19.1. The van der Waals surface area contributed by atoms with Crippen molar-refractivity contribution in [1.29, 1.82) is 5.26 Å². The number of hydrogen-bond donors (Lipinski definition) is 0. The first-order chi connectivity index (χ1) is 10.1. The topological polar surface area (TPSA) is 44.1 Å². The van der Waals surface area contributed by atoms with Gasteiger partial charge in [-0.1, -0.05) is 24.3 Å². The molecule has 3 nitrogen and oxygen atoms in total. The normalized spacial score (nSPS) is 9.95. The molecule has 2 aromatic rings. The van der Waals surface area contributed by atoms with Crippen molar-refractivity contribution in [3.8, 4) is 6.07 Å². The Balaban J connectivity index is 2.22. The predicted molar refractivity (Wildman–Crippen MR) is 74.5 cm³/mol. The number of carbonyl (C=O) groups is 1. The summed E-state index contributed by atoms with van der Waals surface area (Å²) in [7, 11) is 0.